The van der Waals surface area contributed by atoms with Crippen LogP contribution in [-0.2, 0) is 6.42 Å². The molecular weight excluding hydrogens is 252 g/mol. The third-order valence-electron chi connectivity index (χ3n) is 2.67. The number of hydrogen-bond donors (Lipinski definition) is 0. The molecule has 0 spiro atoms. The maximum atomic E-state index is 13.4. The number of aromatic nitrogens is 1. The van der Waals surface area contributed by atoms with Crippen molar-refractivity contribution in [1.29, 1.82) is 0 Å². The Morgan fingerprint density at radius 2 is 1.95 bits per heavy atom. The summed E-state index contributed by atoms with van der Waals surface area (Å²) in [6, 6.07) is 4.98. The summed E-state index contributed by atoms with van der Waals surface area (Å²) in [5.41, 5.74) is 0.0114. The molecule has 0 unspecified atom stereocenters. The fraction of sp³-hybridized carbons (Fsp3) is 0.143. The van der Waals surface area contributed by atoms with Crippen molar-refractivity contribution >= 4 is 5.78 Å². The number of methoxy groups -OCH3 is 1. The van der Waals surface area contributed by atoms with Crippen molar-refractivity contribution in [1.82, 2.24) is 4.98 Å². The molecule has 1 aromatic carbocycles. The molecule has 0 radical (unpaired) electrons. The van der Waals surface area contributed by atoms with Crippen molar-refractivity contribution in [3.8, 4) is 5.75 Å². The van der Waals surface area contributed by atoms with Gasteiger partial charge in [-0.15, -0.1) is 0 Å². The fourth-order valence-electron chi connectivity index (χ4n) is 1.65. The molecule has 0 fully saturated rings. The van der Waals surface area contributed by atoms with Crippen LogP contribution in [0.5, 0.6) is 5.75 Å². The molecule has 0 saturated carbocycles. The molecular formula is C14H11F2NO2. The van der Waals surface area contributed by atoms with Crippen LogP contribution in [0.25, 0.3) is 0 Å². The number of Topliss-reactive ketones (excluding diaryl/α,β-unsaturated/α-hetero) is 1. The number of carbonyl (C=O) groups excluding carboxylic acids is 1. The summed E-state index contributed by atoms with van der Waals surface area (Å²) in [6.07, 6.45) is 2.43. The quantitative estimate of drug-likeness (QED) is 0.796. The van der Waals surface area contributed by atoms with E-state index in [1.165, 1.54) is 31.6 Å². The normalized spacial score (nSPS) is 10.3. The molecule has 0 atom stereocenters. The largest absolute Gasteiger partial charge is 0.495 e. The van der Waals surface area contributed by atoms with E-state index >= 15 is 0 Å². The van der Waals surface area contributed by atoms with Gasteiger partial charge in [0.15, 0.2) is 5.78 Å². The first kappa shape index (κ1) is 13.1. The van der Waals surface area contributed by atoms with Gasteiger partial charge in [0.05, 0.1) is 13.3 Å². The summed E-state index contributed by atoms with van der Waals surface area (Å²) in [5.74, 6) is -1.47. The molecule has 0 amide bonds. The van der Waals surface area contributed by atoms with Crippen LogP contribution in [0.3, 0.4) is 0 Å². The monoisotopic (exact) mass is 263 g/mol. The number of carbonyl (C=O) groups is 1. The van der Waals surface area contributed by atoms with Gasteiger partial charge in [0, 0.05) is 23.7 Å². The minimum absolute atomic E-state index is 0.240. The highest BCUT2D eigenvalue weighted by Gasteiger charge is 2.15. The second-order valence-corrected chi connectivity index (χ2v) is 3.91. The van der Waals surface area contributed by atoms with Crippen LogP contribution >= 0.6 is 0 Å². The smallest absolute Gasteiger partial charge is 0.169 e. The molecule has 2 aromatic rings. The Morgan fingerprint density at radius 1 is 1.26 bits per heavy atom. The first-order valence-corrected chi connectivity index (χ1v) is 5.57. The molecule has 0 aliphatic rings. The zero-order valence-electron chi connectivity index (χ0n) is 10.2. The third kappa shape index (κ3) is 2.93. The van der Waals surface area contributed by atoms with Crippen molar-refractivity contribution in [3.63, 3.8) is 0 Å². The summed E-state index contributed by atoms with van der Waals surface area (Å²) in [5, 5.41) is 0. The van der Waals surface area contributed by atoms with Crippen LogP contribution in [-0.4, -0.2) is 17.9 Å². The second kappa shape index (κ2) is 5.56. The molecule has 0 saturated heterocycles. The Balaban J connectivity index is 2.25. The maximum Gasteiger partial charge on any atom is 0.169 e. The van der Waals surface area contributed by atoms with Gasteiger partial charge in [0.25, 0.3) is 0 Å². The van der Waals surface area contributed by atoms with Gasteiger partial charge in [0.2, 0.25) is 0 Å². The van der Waals surface area contributed by atoms with Gasteiger partial charge in [-0.3, -0.25) is 9.78 Å². The van der Waals surface area contributed by atoms with E-state index in [1.807, 2.05) is 0 Å². The number of ketones is 1. The van der Waals surface area contributed by atoms with E-state index < -0.39 is 17.4 Å². The van der Waals surface area contributed by atoms with E-state index in [0.29, 0.717) is 5.75 Å². The van der Waals surface area contributed by atoms with Gasteiger partial charge in [0.1, 0.15) is 17.4 Å². The minimum atomic E-state index is -0.732. The van der Waals surface area contributed by atoms with E-state index in [1.54, 1.807) is 0 Å². The van der Waals surface area contributed by atoms with Crippen LogP contribution < -0.4 is 4.74 Å². The topological polar surface area (TPSA) is 39.2 Å². The van der Waals surface area contributed by atoms with Crippen molar-refractivity contribution in [3.05, 3.63) is 59.4 Å². The lowest BCUT2D eigenvalue weighted by molar-refractivity contribution is 0.0990. The van der Waals surface area contributed by atoms with Gasteiger partial charge in [-0.05, 0) is 18.2 Å². The van der Waals surface area contributed by atoms with Gasteiger partial charge in [-0.2, -0.15) is 0 Å². The number of rotatable bonds is 4. The lowest BCUT2D eigenvalue weighted by Crippen LogP contribution is -2.08. The highest BCUT2D eigenvalue weighted by Crippen LogP contribution is 2.17. The number of pyridine rings is 1. The van der Waals surface area contributed by atoms with Gasteiger partial charge >= 0.3 is 0 Å². The second-order valence-electron chi connectivity index (χ2n) is 3.91. The van der Waals surface area contributed by atoms with Gasteiger partial charge < -0.3 is 4.74 Å². The third-order valence-corrected chi connectivity index (χ3v) is 2.67. The molecule has 1 heterocycles. The number of nitrogens with zero attached hydrogens (tertiary/aromatic N) is 1. The molecule has 1 aromatic heterocycles. The Kier molecular flexibility index (Phi) is 3.85. The summed E-state index contributed by atoms with van der Waals surface area (Å²) in [6.45, 7) is 0. The molecule has 2 rings (SSSR count). The van der Waals surface area contributed by atoms with E-state index in [4.69, 9.17) is 4.74 Å². The number of benzene rings is 1. The standard InChI is InChI=1S/C14H11F2NO2/c1-19-10-5-9(7-17-8-10)14(18)6-11-12(15)3-2-4-13(11)16/h2-5,7-8H,6H2,1H3. The van der Waals surface area contributed by atoms with Crippen LogP contribution in [0.1, 0.15) is 15.9 Å². The summed E-state index contributed by atoms with van der Waals surface area (Å²) < 4.78 is 31.8. The zero-order valence-corrected chi connectivity index (χ0v) is 10.2. The van der Waals surface area contributed by atoms with Crippen LogP contribution in [0.15, 0.2) is 36.7 Å². The number of hydrogen-bond acceptors (Lipinski definition) is 3. The SMILES string of the molecule is COc1cncc(C(=O)Cc2c(F)cccc2F)c1. The Bertz CT molecular complexity index is 594. The van der Waals surface area contributed by atoms with E-state index in [9.17, 15) is 13.6 Å². The number of ether oxygens (including phenoxy) is 1. The first-order valence-electron chi connectivity index (χ1n) is 5.57. The fourth-order valence-corrected chi connectivity index (χ4v) is 1.65. The molecule has 0 N–H and O–H groups in total. The van der Waals surface area contributed by atoms with E-state index in [-0.39, 0.29) is 17.5 Å². The average Bonchev–Trinajstić information content (AvgIpc) is 2.43. The highest BCUT2D eigenvalue weighted by atomic mass is 19.1. The predicted molar refractivity (Wildman–Crippen MR) is 65.2 cm³/mol. The van der Waals surface area contributed by atoms with Gasteiger partial charge in [-0.25, -0.2) is 8.78 Å². The summed E-state index contributed by atoms with van der Waals surface area (Å²) >= 11 is 0. The molecule has 3 nitrogen and oxygen atoms in total. The predicted octanol–water partition coefficient (Wildman–Crippen LogP) is 2.79. The Labute approximate surface area is 108 Å². The number of halogens is 2. The Hall–Kier alpha value is -2.30. The van der Waals surface area contributed by atoms with Crippen LogP contribution in [0.2, 0.25) is 0 Å². The van der Waals surface area contributed by atoms with Crippen molar-refractivity contribution < 1.29 is 18.3 Å². The molecule has 0 aliphatic carbocycles. The van der Waals surface area contributed by atoms with Crippen LogP contribution in [0.4, 0.5) is 8.78 Å². The zero-order chi connectivity index (χ0) is 13.8. The Morgan fingerprint density at radius 3 is 2.58 bits per heavy atom. The molecule has 5 heteroatoms. The summed E-state index contributed by atoms with van der Waals surface area (Å²) in [4.78, 5) is 15.8. The minimum Gasteiger partial charge on any atom is -0.495 e. The molecule has 98 valence electrons. The molecule has 0 bridgehead atoms. The van der Waals surface area contributed by atoms with Crippen molar-refractivity contribution in [2.45, 2.75) is 6.42 Å². The van der Waals surface area contributed by atoms with Gasteiger partial charge in [-0.1, -0.05) is 6.07 Å². The van der Waals surface area contributed by atoms with E-state index in [2.05, 4.69) is 4.98 Å². The molecule has 0 aliphatic heterocycles. The highest BCUT2D eigenvalue weighted by molar-refractivity contribution is 5.97. The summed E-state index contributed by atoms with van der Waals surface area (Å²) in [7, 11) is 1.45. The van der Waals surface area contributed by atoms with Crippen molar-refractivity contribution in [2.75, 3.05) is 7.11 Å². The average molecular weight is 263 g/mol. The van der Waals surface area contributed by atoms with Crippen molar-refractivity contribution in [2.24, 2.45) is 0 Å². The van der Waals surface area contributed by atoms with E-state index in [0.717, 1.165) is 12.1 Å². The molecule has 19 heavy (non-hydrogen) atoms. The first-order chi connectivity index (χ1) is 9.11. The van der Waals surface area contributed by atoms with Crippen LogP contribution in [0, 0.1) is 11.6 Å². The maximum absolute atomic E-state index is 13.4. The lowest BCUT2D eigenvalue weighted by Gasteiger charge is -2.05. The lowest BCUT2D eigenvalue weighted by atomic mass is 10.0.